The zero-order valence-corrected chi connectivity index (χ0v) is 24.3. The molecule has 208 valence electrons. The number of pyridine rings is 1. The minimum absolute atomic E-state index is 0.0166. The molecule has 5 rings (SSSR count). The summed E-state index contributed by atoms with van der Waals surface area (Å²) in [6.07, 6.45) is 1.75. The molecule has 0 unspecified atom stereocenters. The predicted molar refractivity (Wildman–Crippen MR) is 159 cm³/mol. The summed E-state index contributed by atoms with van der Waals surface area (Å²) in [5, 5.41) is 10.6. The number of likely N-dealkylation sites (N-methyl/N-ethyl adjacent to an activating group) is 1. The van der Waals surface area contributed by atoms with Crippen molar-refractivity contribution in [1.29, 1.82) is 5.26 Å². The molecule has 2 aliphatic heterocycles. The molecule has 0 atom stereocenters. The third kappa shape index (κ3) is 5.34. The van der Waals surface area contributed by atoms with Crippen LogP contribution in [-0.2, 0) is 16.5 Å². The quantitative estimate of drug-likeness (QED) is 0.421. The predicted octanol–water partition coefficient (Wildman–Crippen LogP) is 5.17. The van der Waals surface area contributed by atoms with Gasteiger partial charge in [-0.15, -0.1) is 0 Å². The lowest BCUT2D eigenvalue weighted by molar-refractivity contribution is -0.141. The molecule has 0 radical (unpaired) electrons. The number of ether oxygens (including phenoxy) is 2. The molecular weight excluding hydrogens is 490 g/mol. The molecule has 2 aromatic carbocycles. The van der Waals surface area contributed by atoms with E-state index in [4.69, 9.17) is 9.47 Å². The number of hydrogen-bond donors (Lipinski definition) is 0. The van der Waals surface area contributed by atoms with E-state index >= 15 is 0 Å². The van der Waals surface area contributed by atoms with E-state index in [-0.39, 0.29) is 11.8 Å². The molecule has 0 bridgehead atoms. The average Bonchev–Trinajstić information content (AvgIpc) is 2.98. The van der Waals surface area contributed by atoms with Gasteiger partial charge in [0.05, 0.1) is 34.2 Å². The van der Waals surface area contributed by atoms with Gasteiger partial charge in [-0.1, -0.05) is 13.8 Å². The second-order valence-corrected chi connectivity index (χ2v) is 10.1. The number of aryl methyl sites for hydroxylation is 2. The van der Waals surface area contributed by atoms with Crippen LogP contribution in [0.2, 0.25) is 0 Å². The highest BCUT2D eigenvalue weighted by molar-refractivity contribution is 5.99. The van der Waals surface area contributed by atoms with Crippen LogP contribution >= 0.6 is 0 Å². The maximum absolute atomic E-state index is 12.9. The third-order valence-corrected chi connectivity index (χ3v) is 8.00. The van der Waals surface area contributed by atoms with Gasteiger partial charge in [-0.3, -0.25) is 4.79 Å². The van der Waals surface area contributed by atoms with E-state index in [0.717, 1.165) is 78.2 Å². The van der Waals surface area contributed by atoms with Crippen molar-refractivity contribution in [1.82, 2.24) is 4.57 Å². The van der Waals surface area contributed by atoms with Crippen molar-refractivity contribution >= 4 is 33.7 Å². The third-order valence-electron chi connectivity index (χ3n) is 8.00. The van der Waals surface area contributed by atoms with Crippen LogP contribution in [0.15, 0.2) is 41.2 Å². The number of nitrogens with zero attached hydrogens (tertiary/aromatic N) is 5. The maximum Gasteiger partial charge on any atom is 0.253 e. The van der Waals surface area contributed by atoms with E-state index < -0.39 is 0 Å². The number of fused-ring (bicyclic) bond motifs is 2. The summed E-state index contributed by atoms with van der Waals surface area (Å²) in [7, 11) is 7.33. The Morgan fingerprint density at radius 3 is 2.26 bits per heavy atom. The molecule has 8 heteroatoms. The van der Waals surface area contributed by atoms with Crippen LogP contribution in [0, 0.1) is 24.2 Å². The highest BCUT2D eigenvalue weighted by atomic mass is 16.7. The van der Waals surface area contributed by atoms with Crippen LogP contribution in [0.4, 0.5) is 22.7 Å². The Balaban J connectivity index is 0.00000172. The fourth-order valence-corrected chi connectivity index (χ4v) is 5.88. The Morgan fingerprint density at radius 1 is 0.923 bits per heavy atom. The van der Waals surface area contributed by atoms with E-state index in [9.17, 15) is 10.1 Å². The Hall–Kier alpha value is -3.54. The molecular formula is C31H41N5O3. The minimum Gasteiger partial charge on any atom is -0.371 e. The first-order valence-corrected chi connectivity index (χ1v) is 13.8. The number of methoxy groups -OCH3 is 2. The molecule has 1 saturated heterocycles. The summed E-state index contributed by atoms with van der Waals surface area (Å²) < 4.78 is 12.8. The van der Waals surface area contributed by atoms with Gasteiger partial charge in [-0.05, 0) is 56.2 Å². The van der Waals surface area contributed by atoms with E-state index in [1.165, 1.54) is 0 Å². The number of nitriles is 1. The molecule has 0 amide bonds. The first-order chi connectivity index (χ1) is 18.9. The van der Waals surface area contributed by atoms with Crippen molar-refractivity contribution in [3.8, 4) is 6.07 Å². The molecule has 3 heterocycles. The summed E-state index contributed by atoms with van der Waals surface area (Å²) in [4.78, 5) is 19.9. The number of benzene rings is 2. The first-order valence-electron chi connectivity index (χ1n) is 13.8. The zero-order chi connectivity index (χ0) is 28.3. The summed E-state index contributed by atoms with van der Waals surface area (Å²) >= 11 is 0. The molecule has 0 N–H and O–H groups in total. The molecule has 1 fully saturated rings. The Bertz CT molecular complexity index is 1410. The molecule has 8 nitrogen and oxygen atoms in total. The number of aromatic nitrogens is 1. The lowest BCUT2D eigenvalue weighted by Crippen LogP contribution is -2.39. The van der Waals surface area contributed by atoms with Crippen LogP contribution < -0.4 is 20.3 Å². The van der Waals surface area contributed by atoms with E-state index in [1.807, 2.05) is 52.1 Å². The van der Waals surface area contributed by atoms with Gasteiger partial charge in [-0.2, -0.15) is 5.26 Å². The highest BCUT2D eigenvalue weighted by Crippen LogP contribution is 2.42. The minimum atomic E-state index is -0.186. The SMILES string of the molecule is CC.COC(OC)C1CCN(c2cc(N3CCN(C)c4ccc(C#N)cc43)c3cc(C)c(=O)n(C)c3c2)CC1. The molecule has 2 aliphatic rings. The van der Waals surface area contributed by atoms with Gasteiger partial charge in [-0.25, -0.2) is 0 Å². The largest absolute Gasteiger partial charge is 0.371 e. The van der Waals surface area contributed by atoms with E-state index in [1.54, 1.807) is 18.8 Å². The van der Waals surface area contributed by atoms with Crippen LogP contribution in [-0.4, -0.2) is 58.3 Å². The molecule has 0 spiro atoms. The van der Waals surface area contributed by atoms with E-state index in [0.29, 0.717) is 11.5 Å². The van der Waals surface area contributed by atoms with Gasteiger partial charge >= 0.3 is 0 Å². The first kappa shape index (κ1) is 28.5. The molecule has 39 heavy (non-hydrogen) atoms. The zero-order valence-electron chi connectivity index (χ0n) is 24.3. The van der Waals surface area contributed by atoms with Crippen molar-refractivity contribution in [2.45, 2.75) is 39.9 Å². The van der Waals surface area contributed by atoms with Gasteiger partial charge in [0.1, 0.15) is 0 Å². The summed E-state index contributed by atoms with van der Waals surface area (Å²) in [6, 6.07) is 14.6. The molecule has 1 aromatic heterocycles. The number of anilines is 4. The van der Waals surface area contributed by atoms with Gasteiger partial charge < -0.3 is 28.7 Å². The topological polar surface area (TPSA) is 74.0 Å². The molecule has 3 aromatic rings. The molecule has 0 aliphatic carbocycles. The van der Waals surface area contributed by atoms with Crippen molar-refractivity contribution in [2.75, 3.05) is 62.1 Å². The lowest BCUT2D eigenvalue weighted by atomic mass is 9.95. The Morgan fingerprint density at radius 2 is 1.62 bits per heavy atom. The van der Waals surface area contributed by atoms with Crippen LogP contribution in [0.3, 0.4) is 0 Å². The van der Waals surface area contributed by atoms with Crippen molar-refractivity contribution in [2.24, 2.45) is 13.0 Å². The Kier molecular flexibility index (Phi) is 8.83. The number of piperidine rings is 1. The maximum atomic E-state index is 12.9. The fourth-order valence-electron chi connectivity index (χ4n) is 5.88. The van der Waals surface area contributed by atoms with Crippen LogP contribution in [0.1, 0.15) is 37.8 Å². The Labute approximate surface area is 231 Å². The van der Waals surface area contributed by atoms with E-state index in [2.05, 4.69) is 39.9 Å². The second kappa shape index (κ2) is 12.1. The summed E-state index contributed by atoms with van der Waals surface area (Å²) in [6.45, 7) is 9.28. The monoisotopic (exact) mass is 531 g/mol. The summed E-state index contributed by atoms with van der Waals surface area (Å²) in [5.41, 5.74) is 6.55. The van der Waals surface area contributed by atoms with Crippen LogP contribution in [0.5, 0.6) is 0 Å². The van der Waals surface area contributed by atoms with Gasteiger partial charge in [0, 0.05) is 77.0 Å². The molecule has 0 saturated carbocycles. The smallest absolute Gasteiger partial charge is 0.253 e. The number of rotatable bonds is 5. The van der Waals surface area contributed by atoms with Crippen LogP contribution in [0.25, 0.3) is 10.9 Å². The van der Waals surface area contributed by atoms with Crippen molar-refractivity contribution < 1.29 is 9.47 Å². The average molecular weight is 532 g/mol. The normalized spacial score (nSPS) is 15.7. The van der Waals surface area contributed by atoms with Crippen molar-refractivity contribution in [3.05, 3.63) is 57.9 Å². The van der Waals surface area contributed by atoms with Gasteiger partial charge in [0.2, 0.25) is 0 Å². The fraction of sp³-hybridized carbons (Fsp3) is 0.484. The van der Waals surface area contributed by atoms with Gasteiger partial charge in [0.15, 0.2) is 6.29 Å². The second-order valence-electron chi connectivity index (χ2n) is 10.1. The summed E-state index contributed by atoms with van der Waals surface area (Å²) in [5.74, 6) is 0.354. The standard InChI is InChI=1S/C29H35N5O3.C2H6/c1-19-14-23-25(32(3)28(19)35)16-22(33-10-8-21(9-11-33)29(36-4)37-5)17-26(23)34-13-12-31(2)24-7-6-20(18-30)15-27(24)34;1-2/h6-7,14-17,21,29H,8-13H2,1-5H3;1-2H3. The lowest BCUT2D eigenvalue weighted by Gasteiger charge is -2.39. The van der Waals surface area contributed by atoms with Crippen molar-refractivity contribution in [3.63, 3.8) is 0 Å². The van der Waals surface area contributed by atoms with Gasteiger partial charge in [0.25, 0.3) is 5.56 Å². The highest BCUT2D eigenvalue weighted by Gasteiger charge is 2.29. The number of hydrogen-bond acceptors (Lipinski definition) is 7.